The third kappa shape index (κ3) is 4.41. The highest BCUT2D eigenvalue weighted by atomic mass is 35.5. The van der Waals surface area contributed by atoms with Crippen LogP contribution in [0, 0.1) is 0 Å². The maximum absolute atomic E-state index is 12.2. The largest absolute Gasteiger partial charge is 0.493 e. The standard InChI is InChI=1S/C14H20ClNO5/c1-18-8-10(7-15)16-14(17)9-5-11(19-2)13(21-4)12(6-9)20-3/h5-6,10H,7-8H2,1-4H3,(H,16,17). The molecule has 0 saturated heterocycles. The Morgan fingerprint density at radius 2 is 1.71 bits per heavy atom. The minimum Gasteiger partial charge on any atom is -0.493 e. The molecule has 118 valence electrons. The van der Waals surface area contributed by atoms with Crippen molar-refractivity contribution in [2.75, 3.05) is 40.9 Å². The van der Waals surface area contributed by atoms with Gasteiger partial charge < -0.3 is 24.3 Å². The summed E-state index contributed by atoms with van der Waals surface area (Å²) in [6, 6.07) is 2.88. The fourth-order valence-electron chi connectivity index (χ4n) is 1.81. The molecule has 6 nitrogen and oxygen atoms in total. The zero-order chi connectivity index (χ0) is 15.8. The molecule has 1 unspecified atom stereocenters. The average Bonchev–Trinajstić information content (AvgIpc) is 2.52. The van der Waals surface area contributed by atoms with Crippen molar-refractivity contribution >= 4 is 17.5 Å². The lowest BCUT2D eigenvalue weighted by atomic mass is 10.1. The number of rotatable bonds is 8. The number of hydrogen-bond donors (Lipinski definition) is 1. The fourth-order valence-corrected chi connectivity index (χ4v) is 1.97. The summed E-state index contributed by atoms with van der Waals surface area (Å²) in [6.45, 7) is 0.333. The number of methoxy groups -OCH3 is 4. The van der Waals surface area contributed by atoms with E-state index in [2.05, 4.69) is 5.32 Å². The molecule has 0 spiro atoms. The zero-order valence-corrected chi connectivity index (χ0v) is 13.3. The Hall–Kier alpha value is -1.66. The Kier molecular flexibility index (Phi) is 7.11. The molecular formula is C14H20ClNO5. The van der Waals surface area contributed by atoms with Gasteiger partial charge in [-0.2, -0.15) is 0 Å². The van der Waals surface area contributed by atoms with Gasteiger partial charge in [0.1, 0.15) is 0 Å². The van der Waals surface area contributed by atoms with Gasteiger partial charge in [0.05, 0.1) is 34.0 Å². The van der Waals surface area contributed by atoms with Gasteiger partial charge in [-0.3, -0.25) is 4.79 Å². The lowest BCUT2D eigenvalue weighted by Crippen LogP contribution is -2.39. The summed E-state index contributed by atoms with van der Waals surface area (Å²) in [6.07, 6.45) is 0. The number of benzene rings is 1. The molecule has 0 heterocycles. The van der Waals surface area contributed by atoms with Crippen LogP contribution in [0.4, 0.5) is 0 Å². The van der Waals surface area contributed by atoms with Crippen molar-refractivity contribution in [2.45, 2.75) is 6.04 Å². The normalized spacial score (nSPS) is 11.7. The summed E-state index contributed by atoms with van der Waals surface area (Å²) in [5.41, 5.74) is 0.385. The van der Waals surface area contributed by atoms with Crippen molar-refractivity contribution in [3.05, 3.63) is 17.7 Å². The Bertz CT molecular complexity index is 455. The van der Waals surface area contributed by atoms with Crippen LogP contribution in [0.3, 0.4) is 0 Å². The second-order valence-corrected chi connectivity index (χ2v) is 4.50. The Labute approximate surface area is 129 Å². The van der Waals surface area contributed by atoms with Crippen LogP contribution in [0.1, 0.15) is 10.4 Å². The van der Waals surface area contributed by atoms with Gasteiger partial charge in [0, 0.05) is 18.6 Å². The molecule has 0 aliphatic rings. The first-order chi connectivity index (χ1) is 10.1. The summed E-state index contributed by atoms with van der Waals surface area (Å²) in [5.74, 6) is 1.22. The minimum atomic E-state index is -0.294. The first kappa shape index (κ1) is 17.4. The maximum atomic E-state index is 12.2. The molecule has 1 amide bonds. The number of alkyl halides is 1. The number of ether oxygens (including phenoxy) is 4. The van der Waals surface area contributed by atoms with E-state index >= 15 is 0 Å². The molecule has 0 aromatic heterocycles. The molecular weight excluding hydrogens is 298 g/mol. The molecule has 1 atom stereocenters. The number of amides is 1. The Balaban J connectivity index is 3.04. The molecule has 1 aromatic rings. The van der Waals surface area contributed by atoms with Gasteiger partial charge in [-0.1, -0.05) is 0 Å². The van der Waals surface area contributed by atoms with Gasteiger partial charge >= 0.3 is 0 Å². The van der Waals surface area contributed by atoms with Crippen molar-refractivity contribution in [3.8, 4) is 17.2 Å². The van der Waals surface area contributed by atoms with E-state index < -0.39 is 0 Å². The molecule has 0 fully saturated rings. The molecule has 7 heteroatoms. The summed E-state index contributed by atoms with van der Waals surface area (Å²) in [4.78, 5) is 12.2. The SMILES string of the molecule is COCC(CCl)NC(=O)c1cc(OC)c(OC)c(OC)c1. The van der Waals surface area contributed by atoms with Gasteiger partial charge in [-0.25, -0.2) is 0 Å². The lowest BCUT2D eigenvalue weighted by molar-refractivity contribution is 0.0906. The van der Waals surface area contributed by atoms with Crippen LogP contribution in [0.5, 0.6) is 17.2 Å². The molecule has 0 saturated carbocycles. The summed E-state index contributed by atoms with van der Waals surface area (Å²) >= 11 is 5.78. The molecule has 1 N–H and O–H groups in total. The van der Waals surface area contributed by atoms with Gasteiger partial charge in [0.2, 0.25) is 5.75 Å². The van der Waals surface area contributed by atoms with Crippen LogP contribution in [0.2, 0.25) is 0 Å². The topological polar surface area (TPSA) is 66.0 Å². The van der Waals surface area contributed by atoms with E-state index in [4.69, 9.17) is 30.5 Å². The smallest absolute Gasteiger partial charge is 0.251 e. The van der Waals surface area contributed by atoms with Gasteiger partial charge in [-0.15, -0.1) is 11.6 Å². The Morgan fingerprint density at radius 3 is 2.10 bits per heavy atom. The predicted molar refractivity (Wildman–Crippen MR) is 79.9 cm³/mol. The van der Waals surface area contributed by atoms with Crippen LogP contribution >= 0.6 is 11.6 Å². The van der Waals surface area contributed by atoms with Crippen molar-refractivity contribution in [3.63, 3.8) is 0 Å². The highest BCUT2D eigenvalue weighted by Gasteiger charge is 2.19. The van der Waals surface area contributed by atoms with E-state index in [1.54, 1.807) is 19.2 Å². The Morgan fingerprint density at radius 1 is 1.14 bits per heavy atom. The predicted octanol–water partition coefficient (Wildman–Crippen LogP) is 1.70. The third-order valence-electron chi connectivity index (χ3n) is 2.82. The average molecular weight is 318 g/mol. The fraction of sp³-hybridized carbons (Fsp3) is 0.500. The quantitative estimate of drug-likeness (QED) is 0.739. The van der Waals surface area contributed by atoms with Crippen LogP contribution in [-0.4, -0.2) is 52.9 Å². The zero-order valence-electron chi connectivity index (χ0n) is 12.6. The van der Waals surface area contributed by atoms with Crippen molar-refractivity contribution in [1.29, 1.82) is 0 Å². The van der Waals surface area contributed by atoms with Crippen LogP contribution in [0.15, 0.2) is 12.1 Å². The van der Waals surface area contributed by atoms with E-state index in [9.17, 15) is 4.79 Å². The number of halogens is 1. The molecule has 1 rings (SSSR count). The summed E-state index contributed by atoms with van der Waals surface area (Å²) in [5, 5.41) is 2.78. The number of carbonyl (C=O) groups is 1. The highest BCUT2D eigenvalue weighted by molar-refractivity contribution is 6.18. The molecule has 0 aliphatic carbocycles. The molecule has 0 radical (unpaired) electrons. The van der Waals surface area contributed by atoms with Crippen LogP contribution in [-0.2, 0) is 4.74 Å². The summed E-state index contributed by atoms with van der Waals surface area (Å²) < 4.78 is 20.6. The number of carbonyl (C=O) groups excluding carboxylic acids is 1. The van der Waals surface area contributed by atoms with E-state index in [0.29, 0.717) is 29.4 Å². The van der Waals surface area contributed by atoms with Crippen molar-refractivity contribution in [2.24, 2.45) is 0 Å². The first-order valence-corrected chi connectivity index (χ1v) is 6.80. The number of nitrogens with one attached hydrogen (secondary N) is 1. The summed E-state index contributed by atoms with van der Waals surface area (Å²) in [7, 11) is 6.03. The van der Waals surface area contributed by atoms with Gasteiger partial charge in [0.15, 0.2) is 11.5 Å². The monoisotopic (exact) mass is 317 g/mol. The van der Waals surface area contributed by atoms with E-state index in [0.717, 1.165) is 0 Å². The highest BCUT2D eigenvalue weighted by Crippen LogP contribution is 2.38. The van der Waals surface area contributed by atoms with E-state index in [1.807, 2.05) is 0 Å². The second-order valence-electron chi connectivity index (χ2n) is 4.19. The van der Waals surface area contributed by atoms with Crippen molar-refractivity contribution in [1.82, 2.24) is 5.32 Å². The first-order valence-electron chi connectivity index (χ1n) is 6.27. The van der Waals surface area contributed by atoms with E-state index in [-0.39, 0.29) is 17.8 Å². The van der Waals surface area contributed by atoms with E-state index in [1.165, 1.54) is 21.3 Å². The van der Waals surface area contributed by atoms with Crippen molar-refractivity contribution < 1.29 is 23.7 Å². The minimum absolute atomic E-state index is 0.254. The molecule has 1 aromatic carbocycles. The van der Waals surface area contributed by atoms with Crippen LogP contribution < -0.4 is 19.5 Å². The van der Waals surface area contributed by atoms with Gasteiger partial charge in [0.25, 0.3) is 5.91 Å². The molecule has 0 bridgehead atoms. The second kappa shape index (κ2) is 8.59. The van der Waals surface area contributed by atoms with Crippen LogP contribution in [0.25, 0.3) is 0 Å². The number of hydrogen-bond acceptors (Lipinski definition) is 5. The lowest BCUT2D eigenvalue weighted by Gasteiger charge is -2.17. The maximum Gasteiger partial charge on any atom is 0.251 e. The molecule has 0 aliphatic heterocycles. The molecule has 21 heavy (non-hydrogen) atoms. The third-order valence-corrected chi connectivity index (χ3v) is 3.19. The van der Waals surface area contributed by atoms with Gasteiger partial charge in [-0.05, 0) is 12.1 Å².